The van der Waals surface area contributed by atoms with Gasteiger partial charge in [-0.15, -0.1) is 0 Å². The number of rotatable bonds is 19. The molecule has 165 valence electrons. The van der Waals surface area contributed by atoms with Crippen molar-refractivity contribution < 1.29 is 9.53 Å². The number of esters is 1. The monoisotopic (exact) mass is 519 g/mol. The first-order chi connectivity index (χ1) is 13.7. The number of ether oxygens (including phenoxy) is 1. The Labute approximate surface area is 195 Å². The molecule has 0 aliphatic heterocycles. The SMILES string of the molecule is CCCCCCCC/C=C\CCCCCCCC(=O)OCCS.CCC[CH2][Sn]. The summed E-state index contributed by atoms with van der Waals surface area (Å²) in [4.78, 5) is 11.3. The average molecular weight is 518 g/mol. The molecule has 28 heavy (non-hydrogen) atoms. The van der Waals surface area contributed by atoms with Crippen LogP contribution in [-0.4, -0.2) is 40.9 Å². The van der Waals surface area contributed by atoms with Crippen LogP contribution in [0, 0.1) is 0 Å². The van der Waals surface area contributed by atoms with Gasteiger partial charge in [-0.2, -0.15) is 12.6 Å². The number of hydrogen-bond acceptors (Lipinski definition) is 3. The first kappa shape index (κ1) is 30.6. The van der Waals surface area contributed by atoms with Crippen LogP contribution >= 0.6 is 12.6 Å². The van der Waals surface area contributed by atoms with Crippen molar-refractivity contribution in [3.05, 3.63) is 12.2 Å². The van der Waals surface area contributed by atoms with Crippen LogP contribution < -0.4 is 0 Å². The van der Waals surface area contributed by atoms with Crippen LogP contribution in [0.2, 0.25) is 4.44 Å². The zero-order valence-corrected chi connectivity index (χ0v) is 22.6. The van der Waals surface area contributed by atoms with Gasteiger partial charge in [0.1, 0.15) is 6.61 Å². The van der Waals surface area contributed by atoms with Crippen LogP contribution in [0.25, 0.3) is 0 Å². The Morgan fingerprint density at radius 2 is 1.29 bits per heavy atom. The Bertz CT molecular complexity index is 320. The Hall–Kier alpha value is 0.359. The zero-order valence-electron chi connectivity index (χ0n) is 18.9. The molecule has 0 rings (SSSR count). The van der Waals surface area contributed by atoms with Gasteiger partial charge in [0.15, 0.2) is 0 Å². The minimum atomic E-state index is -0.0725. The average Bonchev–Trinajstić information content (AvgIpc) is 2.70. The van der Waals surface area contributed by atoms with Crippen LogP contribution in [0.4, 0.5) is 0 Å². The molecule has 0 aromatic heterocycles. The zero-order chi connectivity index (χ0) is 21.1. The molecule has 4 heteroatoms. The minimum absolute atomic E-state index is 0.0725. The van der Waals surface area contributed by atoms with Gasteiger partial charge in [-0.1, -0.05) is 70.4 Å². The van der Waals surface area contributed by atoms with Crippen molar-refractivity contribution in [2.45, 2.75) is 121 Å². The number of hydrogen-bond donors (Lipinski definition) is 1. The third-order valence-electron chi connectivity index (χ3n) is 4.53. The number of carbonyl (C=O) groups excluding carboxylic acids is 1. The maximum atomic E-state index is 11.3. The summed E-state index contributed by atoms with van der Waals surface area (Å²) in [5.74, 6) is 0.537. The van der Waals surface area contributed by atoms with Crippen molar-refractivity contribution in [1.29, 1.82) is 0 Å². The van der Waals surface area contributed by atoms with E-state index in [1.807, 2.05) is 0 Å². The molecule has 0 aromatic rings. The molecular formula is C24H47O2SSn. The molecule has 0 aliphatic rings. The third-order valence-corrected chi connectivity index (χ3v) is 5.72. The normalized spacial score (nSPS) is 10.7. The molecule has 0 amide bonds. The van der Waals surface area contributed by atoms with E-state index < -0.39 is 0 Å². The van der Waals surface area contributed by atoms with Crippen LogP contribution in [0.15, 0.2) is 12.2 Å². The Morgan fingerprint density at radius 3 is 1.75 bits per heavy atom. The summed E-state index contributed by atoms with van der Waals surface area (Å²) in [6.45, 7) is 4.93. The summed E-state index contributed by atoms with van der Waals surface area (Å²) >= 11 is 5.70. The molecule has 0 bridgehead atoms. The number of allylic oxidation sites excluding steroid dienone is 2. The van der Waals surface area contributed by atoms with Crippen LogP contribution in [0.3, 0.4) is 0 Å². The van der Waals surface area contributed by atoms with E-state index in [-0.39, 0.29) is 5.97 Å². The summed E-state index contributed by atoms with van der Waals surface area (Å²) in [5.41, 5.74) is 0. The molecular weight excluding hydrogens is 471 g/mol. The van der Waals surface area contributed by atoms with Crippen molar-refractivity contribution in [1.82, 2.24) is 0 Å². The van der Waals surface area contributed by atoms with Gasteiger partial charge < -0.3 is 4.74 Å². The Morgan fingerprint density at radius 1 is 0.786 bits per heavy atom. The van der Waals surface area contributed by atoms with E-state index in [0.717, 1.165) is 12.8 Å². The van der Waals surface area contributed by atoms with Gasteiger partial charge in [0.05, 0.1) is 0 Å². The molecule has 0 aromatic carbocycles. The van der Waals surface area contributed by atoms with Crippen LogP contribution in [0.1, 0.15) is 117 Å². The predicted molar refractivity (Wildman–Crippen MR) is 130 cm³/mol. The van der Waals surface area contributed by atoms with Crippen molar-refractivity contribution in [2.24, 2.45) is 0 Å². The van der Waals surface area contributed by atoms with Gasteiger partial charge in [-0.25, -0.2) is 0 Å². The van der Waals surface area contributed by atoms with E-state index in [9.17, 15) is 4.79 Å². The fourth-order valence-electron chi connectivity index (χ4n) is 2.75. The first-order valence-corrected chi connectivity index (χ1v) is 14.4. The van der Waals surface area contributed by atoms with Crippen molar-refractivity contribution >= 4 is 41.1 Å². The van der Waals surface area contributed by atoms with Crippen LogP contribution in [0.5, 0.6) is 0 Å². The summed E-state index contributed by atoms with van der Waals surface area (Å²) < 4.78 is 6.42. The second-order valence-electron chi connectivity index (χ2n) is 7.38. The van der Waals surface area contributed by atoms with E-state index in [4.69, 9.17) is 4.74 Å². The number of unbranched alkanes of at least 4 members (excludes halogenated alkanes) is 12. The van der Waals surface area contributed by atoms with Gasteiger partial charge in [-0.05, 0) is 32.1 Å². The topological polar surface area (TPSA) is 26.3 Å². The Balaban J connectivity index is 0. The molecule has 0 saturated carbocycles. The molecule has 0 aliphatic carbocycles. The molecule has 3 radical (unpaired) electrons. The van der Waals surface area contributed by atoms with Crippen molar-refractivity contribution in [3.8, 4) is 0 Å². The van der Waals surface area contributed by atoms with Gasteiger partial charge in [0.2, 0.25) is 0 Å². The molecule has 0 spiro atoms. The number of carbonyl (C=O) groups is 1. The fraction of sp³-hybridized carbons (Fsp3) is 0.875. The predicted octanol–water partition coefficient (Wildman–Crippen LogP) is 7.87. The van der Waals surface area contributed by atoms with Crippen LogP contribution in [-0.2, 0) is 9.53 Å². The van der Waals surface area contributed by atoms with Gasteiger partial charge in [-0.3, -0.25) is 4.79 Å². The third kappa shape index (κ3) is 31.1. The van der Waals surface area contributed by atoms with E-state index in [0.29, 0.717) is 18.8 Å². The maximum absolute atomic E-state index is 11.3. The fourth-order valence-corrected chi connectivity index (χ4v) is 3.85. The summed E-state index contributed by atoms with van der Waals surface area (Å²) in [6, 6.07) is 0. The van der Waals surface area contributed by atoms with Gasteiger partial charge >= 0.3 is 52.7 Å². The Kier molecular flexibility index (Phi) is 32.3. The molecule has 0 heterocycles. The second kappa shape index (κ2) is 29.6. The van der Waals surface area contributed by atoms with E-state index >= 15 is 0 Å². The van der Waals surface area contributed by atoms with E-state index in [1.165, 1.54) is 87.9 Å². The van der Waals surface area contributed by atoms with E-state index in [2.05, 4.69) is 38.6 Å². The van der Waals surface area contributed by atoms with Crippen molar-refractivity contribution in [2.75, 3.05) is 12.4 Å². The molecule has 0 atom stereocenters. The number of thiol groups is 1. The summed E-state index contributed by atoms with van der Waals surface area (Å²) in [5, 5.41) is 0. The van der Waals surface area contributed by atoms with E-state index in [1.54, 1.807) is 22.5 Å². The standard InChI is InChI=1S/C20H38O2S.C4H9.Sn/c1-2-3-4-5-6-7-8-9-10-11-12-13-14-15-16-17-20(21)22-18-19-23;1-3-4-2;/h9-10,23H,2-8,11-19H2,1H3;1,3-4H2,2H3;/b10-9-;;. The van der Waals surface area contributed by atoms with Gasteiger partial charge in [0.25, 0.3) is 0 Å². The molecule has 0 N–H and O–H groups in total. The van der Waals surface area contributed by atoms with Gasteiger partial charge in [0, 0.05) is 12.2 Å². The molecule has 0 saturated heterocycles. The molecule has 0 unspecified atom stereocenters. The molecule has 2 nitrogen and oxygen atoms in total. The van der Waals surface area contributed by atoms with Crippen molar-refractivity contribution in [3.63, 3.8) is 0 Å². The second-order valence-corrected chi connectivity index (χ2v) is 9.26. The summed E-state index contributed by atoms with van der Waals surface area (Å²) in [7, 11) is 0. The molecule has 0 fully saturated rings. The summed E-state index contributed by atoms with van der Waals surface area (Å²) in [6.07, 6.45) is 24.7. The quantitative estimate of drug-likeness (QED) is 0.0619. The first-order valence-electron chi connectivity index (χ1n) is 11.8.